The van der Waals surface area contributed by atoms with Crippen LogP contribution in [0.2, 0.25) is 0 Å². The fourth-order valence-electron chi connectivity index (χ4n) is 2.76. The van der Waals surface area contributed by atoms with Crippen LogP contribution in [0.5, 0.6) is 0 Å². The molecule has 0 aliphatic heterocycles. The van der Waals surface area contributed by atoms with Gasteiger partial charge in [-0.1, -0.05) is 18.2 Å². The van der Waals surface area contributed by atoms with E-state index in [1.165, 1.54) is 0 Å². The number of hydrogen-bond acceptors (Lipinski definition) is 2. The molecule has 0 unspecified atom stereocenters. The van der Waals surface area contributed by atoms with Crippen molar-refractivity contribution in [2.75, 3.05) is 0 Å². The van der Waals surface area contributed by atoms with Gasteiger partial charge >= 0.3 is 0 Å². The molecule has 1 aromatic heterocycles. The van der Waals surface area contributed by atoms with Crippen LogP contribution in [-0.2, 0) is 0 Å². The third-order valence-electron chi connectivity index (χ3n) is 3.97. The van der Waals surface area contributed by atoms with Gasteiger partial charge < -0.3 is 4.90 Å². The number of aromatic nitrogens is 2. The van der Waals surface area contributed by atoms with Gasteiger partial charge in [0.25, 0.3) is 5.91 Å². The Labute approximate surface area is 125 Å². The second-order valence-electron chi connectivity index (χ2n) is 5.93. The van der Waals surface area contributed by atoms with Gasteiger partial charge in [0, 0.05) is 12.1 Å². The maximum absolute atomic E-state index is 12.8. The molecule has 1 heterocycles. The minimum absolute atomic E-state index is 0.104. The van der Waals surface area contributed by atoms with E-state index in [1.54, 1.807) is 6.20 Å². The molecule has 0 saturated heterocycles. The molecule has 1 aromatic carbocycles. The molecule has 0 spiro atoms. The highest BCUT2D eigenvalue weighted by Crippen LogP contribution is 2.30. The van der Waals surface area contributed by atoms with Gasteiger partial charge in [0.05, 0.1) is 23.1 Å². The van der Waals surface area contributed by atoms with Gasteiger partial charge in [0.1, 0.15) is 0 Å². The first-order chi connectivity index (χ1) is 10.1. The van der Waals surface area contributed by atoms with Crippen molar-refractivity contribution in [3.05, 3.63) is 47.8 Å². The Morgan fingerprint density at radius 3 is 2.52 bits per heavy atom. The van der Waals surface area contributed by atoms with Crippen LogP contribution < -0.4 is 0 Å². The van der Waals surface area contributed by atoms with Crippen molar-refractivity contribution in [2.24, 2.45) is 0 Å². The fourth-order valence-corrected chi connectivity index (χ4v) is 2.76. The second-order valence-corrected chi connectivity index (χ2v) is 5.93. The quantitative estimate of drug-likeness (QED) is 0.864. The summed E-state index contributed by atoms with van der Waals surface area (Å²) < 4.78 is 1.83. The SMILES string of the molecule is Cc1c(C(=O)N(C(C)C)C2CC2)cnn1-c1ccccc1. The fraction of sp³-hybridized carbons (Fsp3) is 0.412. The number of benzene rings is 1. The van der Waals surface area contributed by atoms with Crippen molar-refractivity contribution in [3.63, 3.8) is 0 Å². The summed E-state index contributed by atoms with van der Waals surface area (Å²) >= 11 is 0. The van der Waals surface area contributed by atoms with E-state index in [0.29, 0.717) is 11.6 Å². The summed E-state index contributed by atoms with van der Waals surface area (Å²) in [5, 5.41) is 4.40. The predicted molar refractivity (Wildman–Crippen MR) is 82.6 cm³/mol. The van der Waals surface area contributed by atoms with E-state index in [0.717, 1.165) is 24.2 Å². The summed E-state index contributed by atoms with van der Waals surface area (Å²) in [6.45, 7) is 6.11. The molecule has 110 valence electrons. The third kappa shape index (κ3) is 2.58. The van der Waals surface area contributed by atoms with Crippen LogP contribution in [0, 0.1) is 6.92 Å². The molecule has 1 fully saturated rings. The van der Waals surface area contributed by atoms with Crippen molar-refractivity contribution in [1.82, 2.24) is 14.7 Å². The smallest absolute Gasteiger partial charge is 0.257 e. The zero-order valence-corrected chi connectivity index (χ0v) is 12.8. The lowest BCUT2D eigenvalue weighted by molar-refractivity contribution is 0.0689. The summed E-state index contributed by atoms with van der Waals surface area (Å²) in [5.74, 6) is 0.104. The van der Waals surface area contributed by atoms with E-state index in [-0.39, 0.29) is 11.9 Å². The van der Waals surface area contributed by atoms with Gasteiger partial charge in [-0.05, 0) is 45.7 Å². The molecule has 0 radical (unpaired) electrons. The average Bonchev–Trinajstić information content (AvgIpc) is 3.21. The minimum atomic E-state index is 0.104. The molecule has 1 saturated carbocycles. The molecule has 4 nitrogen and oxygen atoms in total. The van der Waals surface area contributed by atoms with Crippen LogP contribution in [0.25, 0.3) is 5.69 Å². The van der Waals surface area contributed by atoms with Gasteiger partial charge in [0.2, 0.25) is 0 Å². The lowest BCUT2D eigenvalue weighted by Gasteiger charge is -2.26. The number of nitrogens with zero attached hydrogens (tertiary/aromatic N) is 3. The first-order valence-corrected chi connectivity index (χ1v) is 7.52. The maximum Gasteiger partial charge on any atom is 0.257 e. The van der Waals surface area contributed by atoms with Crippen LogP contribution in [0.4, 0.5) is 0 Å². The number of carbonyl (C=O) groups excluding carboxylic acids is 1. The first kappa shape index (κ1) is 13.9. The molecule has 3 rings (SSSR count). The summed E-state index contributed by atoms with van der Waals surface area (Å²) in [6, 6.07) is 10.6. The molecule has 0 atom stereocenters. The van der Waals surface area contributed by atoms with E-state index >= 15 is 0 Å². The molecular weight excluding hydrogens is 262 g/mol. The molecule has 21 heavy (non-hydrogen) atoms. The van der Waals surface area contributed by atoms with Gasteiger partial charge in [-0.2, -0.15) is 5.10 Å². The minimum Gasteiger partial charge on any atom is -0.333 e. The molecular formula is C17H21N3O. The highest BCUT2D eigenvalue weighted by Gasteiger charge is 2.35. The van der Waals surface area contributed by atoms with Gasteiger partial charge in [0.15, 0.2) is 0 Å². The zero-order chi connectivity index (χ0) is 15.0. The Morgan fingerprint density at radius 2 is 1.95 bits per heavy atom. The van der Waals surface area contributed by atoms with E-state index in [1.807, 2.05) is 46.8 Å². The maximum atomic E-state index is 12.8. The largest absolute Gasteiger partial charge is 0.333 e. The highest BCUT2D eigenvalue weighted by atomic mass is 16.2. The van der Waals surface area contributed by atoms with Gasteiger partial charge in [-0.15, -0.1) is 0 Å². The summed E-state index contributed by atoms with van der Waals surface area (Å²) in [4.78, 5) is 14.8. The number of hydrogen-bond donors (Lipinski definition) is 0. The molecule has 0 bridgehead atoms. The Morgan fingerprint density at radius 1 is 1.29 bits per heavy atom. The van der Waals surface area contributed by atoms with Crippen molar-refractivity contribution >= 4 is 5.91 Å². The summed E-state index contributed by atoms with van der Waals surface area (Å²) in [5.41, 5.74) is 2.59. The number of rotatable bonds is 4. The third-order valence-corrected chi connectivity index (χ3v) is 3.97. The normalized spacial score (nSPS) is 14.5. The molecule has 1 aliphatic rings. The van der Waals surface area contributed by atoms with Crippen LogP contribution in [0.15, 0.2) is 36.5 Å². The number of amides is 1. The van der Waals surface area contributed by atoms with Crippen LogP contribution >= 0.6 is 0 Å². The zero-order valence-electron chi connectivity index (χ0n) is 12.8. The number of carbonyl (C=O) groups is 1. The molecule has 1 aliphatic carbocycles. The van der Waals surface area contributed by atoms with Crippen LogP contribution in [0.1, 0.15) is 42.7 Å². The Balaban J connectivity index is 1.93. The van der Waals surface area contributed by atoms with Crippen LogP contribution in [0.3, 0.4) is 0 Å². The van der Waals surface area contributed by atoms with E-state index in [9.17, 15) is 4.79 Å². The van der Waals surface area contributed by atoms with Crippen molar-refractivity contribution in [2.45, 2.75) is 45.7 Å². The van der Waals surface area contributed by atoms with E-state index in [2.05, 4.69) is 18.9 Å². The Hall–Kier alpha value is -2.10. The molecule has 2 aromatic rings. The van der Waals surface area contributed by atoms with Crippen molar-refractivity contribution in [1.29, 1.82) is 0 Å². The topological polar surface area (TPSA) is 38.1 Å². The van der Waals surface area contributed by atoms with E-state index < -0.39 is 0 Å². The van der Waals surface area contributed by atoms with Gasteiger partial charge in [-0.3, -0.25) is 4.79 Å². The van der Waals surface area contributed by atoms with Crippen molar-refractivity contribution in [3.8, 4) is 5.69 Å². The lowest BCUT2D eigenvalue weighted by atomic mass is 10.2. The first-order valence-electron chi connectivity index (χ1n) is 7.52. The molecule has 4 heteroatoms. The lowest BCUT2D eigenvalue weighted by Crippen LogP contribution is -2.38. The monoisotopic (exact) mass is 283 g/mol. The standard InChI is InChI=1S/C17H21N3O/c1-12(2)19(14-9-10-14)17(21)16-11-18-20(13(16)3)15-7-5-4-6-8-15/h4-8,11-12,14H,9-10H2,1-3H3. The second kappa shape index (κ2) is 5.35. The van der Waals surface area contributed by atoms with Crippen molar-refractivity contribution < 1.29 is 4.79 Å². The summed E-state index contributed by atoms with van der Waals surface area (Å²) in [7, 11) is 0. The van der Waals surface area contributed by atoms with E-state index in [4.69, 9.17) is 0 Å². The summed E-state index contributed by atoms with van der Waals surface area (Å²) in [6.07, 6.45) is 3.94. The molecule has 1 amide bonds. The Bertz CT molecular complexity index is 639. The number of para-hydroxylation sites is 1. The van der Waals surface area contributed by atoms with Crippen LogP contribution in [-0.4, -0.2) is 32.7 Å². The average molecular weight is 283 g/mol. The Kier molecular flexibility index (Phi) is 3.53. The molecule has 0 N–H and O–H groups in total. The highest BCUT2D eigenvalue weighted by molar-refractivity contribution is 5.95. The predicted octanol–water partition coefficient (Wildman–Crippen LogP) is 3.19. The van der Waals surface area contributed by atoms with Gasteiger partial charge in [-0.25, -0.2) is 4.68 Å².